The van der Waals surface area contributed by atoms with Gasteiger partial charge in [-0.3, -0.25) is 0 Å². The van der Waals surface area contributed by atoms with Gasteiger partial charge in [0.1, 0.15) is 16.7 Å². The summed E-state index contributed by atoms with van der Waals surface area (Å²) in [5.74, 6) is -0.699. The molecule has 0 aliphatic heterocycles. The predicted molar refractivity (Wildman–Crippen MR) is 44.9 cm³/mol. The summed E-state index contributed by atoms with van der Waals surface area (Å²) in [6, 6.07) is 0. The third-order valence-electron chi connectivity index (χ3n) is 1.29. The van der Waals surface area contributed by atoms with Gasteiger partial charge in [0.15, 0.2) is 0 Å². The molecule has 0 N–H and O–H groups in total. The average molecular weight is 230 g/mol. The first-order valence-electron chi connectivity index (χ1n) is 3.52. The zero-order valence-corrected chi connectivity index (χ0v) is 11.3. The van der Waals surface area contributed by atoms with Crippen molar-refractivity contribution < 1.29 is 52.1 Å². The second-order valence-electron chi connectivity index (χ2n) is 2.68. The van der Waals surface area contributed by atoms with Gasteiger partial charge in [-0.25, -0.2) is 13.2 Å². The molecule has 0 rings (SSSR count). The Labute approximate surface area is 106 Å². The molecule has 0 aromatic heterocycles. The first-order valence-corrected chi connectivity index (χ1v) is 4.99. The van der Waals surface area contributed by atoms with E-state index in [0.717, 1.165) is 0 Å². The fourth-order valence-corrected chi connectivity index (χ4v) is 0.634. The van der Waals surface area contributed by atoms with Crippen molar-refractivity contribution in [3.8, 4) is 0 Å². The van der Waals surface area contributed by atoms with Gasteiger partial charge in [-0.15, -0.1) is 0 Å². The molecule has 7 heteroatoms. The number of carbonyl (C=O) groups excluding carboxylic acids is 1. The Balaban J connectivity index is 0. The van der Waals surface area contributed by atoms with Gasteiger partial charge >= 0.3 is 35.5 Å². The fourth-order valence-electron chi connectivity index (χ4n) is 0.400. The van der Waals surface area contributed by atoms with Gasteiger partial charge in [0.05, 0.1) is 5.25 Å². The summed E-state index contributed by atoms with van der Waals surface area (Å²) in [4.78, 5) is 10.8. The summed E-state index contributed by atoms with van der Waals surface area (Å²) in [7, 11) is -4.38. The monoisotopic (exact) mass is 230 g/mol. The van der Waals surface area contributed by atoms with E-state index in [4.69, 9.17) is 0 Å². The maximum absolute atomic E-state index is 10.8. The first kappa shape index (κ1) is 16.5. The third kappa shape index (κ3) is 6.56. The molecular formula is C7H11NaO5S. The average Bonchev–Trinajstić information content (AvgIpc) is 1.97. The first-order chi connectivity index (χ1) is 5.75. The van der Waals surface area contributed by atoms with Gasteiger partial charge in [-0.1, -0.05) is 6.58 Å². The molecule has 0 saturated carbocycles. The van der Waals surface area contributed by atoms with E-state index in [-0.39, 0.29) is 35.1 Å². The summed E-state index contributed by atoms with van der Waals surface area (Å²) in [6.07, 6.45) is 0. The molecule has 0 spiro atoms. The number of esters is 1. The zero-order valence-electron chi connectivity index (χ0n) is 8.44. The summed E-state index contributed by atoms with van der Waals surface area (Å²) >= 11 is 0. The molecule has 0 heterocycles. The van der Waals surface area contributed by atoms with Crippen molar-refractivity contribution in [2.75, 3.05) is 6.61 Å². The Morgan fingerprint density at radius 1 is 1.57 bits per heavy atom. The summed E-state index contributed by atoms with van der Waals surface area (Å²) in [6.45, 7) is 5.46. The molecule has 1 atom stereocenters. The Morgan fingerprint density at radius 2 is 2.00 bits per heavy atom. The number of carbonyl (C=O) groups is 1. The SMILES string of the molecule is C=C(C)C(=O)OCC(C)S(=O)(=O)[O-].[Na+]. The van der Waals surface area contributed by atoms with E-state index < -0.39 is 27.9 Å². The van der Waals surface area contributed by atoms with Crippen LogP contribution in [0.25, 0.3) is 0 Å². The number of ether oxygens (including phenoxy) is 1. The largest absolute Gasteiger partial charge is 1.00 e. The van der Waals surface area contributed by atoms with Crippen LogP contribution in [0.4, 0.5) is 0 Å². The molecule has 0 aromatic carbocycles. The molecule has 0 amide bonds. The number of hydrogen-bond acceptors (Lipinski definition) is 5. The van der Waals surface area contributed by atoms with Crippen LogP contribution in [-0.4, -0.2) is 30.8 Å². The number of rotatable bonds is 4. The third-order valence-corrected chi connectivity index (χ3v) is 2.41. The molecule has 1 unspecified atom stereocenters. The van der Waals surface area contributed by atoms with E-state index in [9.17, 15) is 17.8 Å². The standard InChI is InChI=1S/C7H12O5S.Na/c1-5(2)7(8)12-4-6(3)13(9,10)11;/h6H,1,4H2,2-3H3,(H,9,10,11);/q;+1/p-1. The predicted octanol–water partition coefficient (Wildman–Crippen LogP) is -2.96. The van der Waals surface area contributed by atoms with E-state index in [2.05, 4.69) is 11.3 Å². The van der Waals surface area contributed by atoms with Crippen molar-refractivity contribution in [3.05, 3.63) is 12.2 Å². The van der Waals surface area contributed by atoms with Crippen molar-refractivity contribution in [2.45, 2.75) is 19.1 Å². The van der Waals surface area contributed by atoms with Crippen LogP contribution in [0.1, 0.15) is 13.8 Å². The van der Waals surface area contributed by atoms with E-state index in [1.807, 2.05) is 0 Å². The molecule has 0 aromatic rings. The van der Waals surface area contributed by atoms with Crippen molar-refractivity contribution in [2.24, 2.45) is 0 Å². The smallest absolute Gasteiger partial charge is 0.748 e. The fraction of sp³-hybridized carbons (Fsp3) is 0.571. The minimum absolute atomic E-state index is 0. The Bertz CT molecular complexity index is 308. The van der Waals surface area contributed by atoms with Crippen molar-refractivity contribution >= 4 is 16.1 Å². The number of hydrogen-bond donors (Lipinski definition) is 0. The minimum atomic E-state index is -4.38. The molecule has 0 aliphatic carbocycles. The maximum atomic E-state index is 10.8. The molecule has 0 bridgehead atoms. The van der Waals surface area contributed by atoms with Crippen LogP contribution in [0.3, 0.4) is 0 Å². The zero-order chi connectivity index (χ0) is 10.6. The van der Waals surface area contributed by atoms with E-state index in [1.54, 1.807) is 0 Å². The van der Waals surface area contributed by atoms with Crippen molar-refractivity contribution in [3.63, 3.8) is 0 Å². The van der Waals surface area contributed by atoms with Gasteiger partial charge < -0.3 is 9.29 Å². The Kier molecular flexibility index (Phi) is 7.77. The summed E-state index contributed by atoms with van der Waals surface area (Å²) in [5, 5.41) is -1.23. The van der Waals surface area contributed by atoms with Gasteiger partial charge in [-0.2, -0.15) is 0 Å². The minimum Gasteiger partial charge on any atom is -0.748 e. The Morgan fingerprint density at radius 3 is 2.29 bits per heavy atom. The summed E-state index contributed by atoms with van der Waals surface area (Å²) in [5.41, 5.74) is 0.162. The Hall–Kier alpha value is 0.120. The van der Waals surface area contributed by atoms with Crippen LogP contribution < -0.4 is 29.6 Å². The topological polar surface area (TPSA) is 83.5 Å². The molecule has 0 fully saturated rings. The molecule has 0 radical (unpaired) electrons. The van der Waals surface area contributed by atoms with E-state index in [1.165, 1.54) is 13.8 Å². The van der Waals surface area contributed by atoms with E-state index in [0.29, 0.717) is 0 Å². The molecule has 76 valence electrons. The van der Waals surface area contributed by atoms with E-state index >= 15 is 0 Å². The molecule has 14 heavy (non-hydrogen) atoms. The van der Waals surface area contributed by atoms with Gasteiger partial charge in [-0.05, 0) is 13.8 Å². The van der Waals surface area contributed by atoms with Crippen LogP contribution in [0.2, 0.25) is 0 Å². The second-order valence-corrected chi connectivity index (χ2v) is 4.47. The maximum Gasteiger partial charge on any atom is 1.00 e. The van der Waals surface area contributed by atoms with Crippen molar-refractivity contribution in [1.82, 2.24) is 0 Å². The van der Waals surface area contributed by atoms with Gasteiger partial charge in [0.2, 0.25) is 0 Å². The normalized spacial score (nSPS) is 12.5. The molecular weight excluding hydrogens is 219 g/mol. The van der Waals surface area contributed by atoms with Crippen molar-refractivity contribution in [1.29, 1.82) is 0 Å². The van der Waals surface area contributed by atoms with Gasteiger partial charge in [0, 0.05) is 5.57 Å². The van der Waals surface area contributed by atoms with Crippen LogP contribution >= 0.6 is 0 Å². The van der Waals surface area contributed by atoms with Crippen LogP contribution in [0.15, 0.2) is 12.2 Å². The van der Waals surface area contributed by atoms with Crippen LogP contribution in [-0.2, 0) is 19.6 Å². The molecule has 0 aliphatic rings. The van der Waals surface area contributed by atoms with Crippen LogP contribution in [0, 0.1) is 0 Å². The molecule has 5 nitrogen and oxygen atoms in total. The quantitative estimate of drug-likeness (QED) is 0.223. The summed E-state index contributed by atoms with van der Waals surface area (Å²) < 4.78 is 35.5. The molecule has 0 saturated heterocycles. The second kappa shape index (κ2) is 6.58. The van der Waals surface area contributed by atoms with Crippen LogP contribution in [0.5, 0.6) is 0 Å². The van der Waals surface area contributed by atoms with Gasteiger partial charge in [0.25, 0.3) is 0 Å².